The second-order valence-corrected chi connectivity index (χ2v) is 9.91. The van der Waals surface area contributed by atoms with Crippen LogP contribution in [0.15, 0.2) is 46.5 Å². The van der Waals surface area contributed by atoms with E-state index in [0.29, 0.717) is 21.2 Å². The Morgan fingerprint density at radius 3 is 2.00 bits per heavy atom. The van der Waals surface area contributed by atoms with Crippen molar-refractivity contribution in [1.82, 2.24) is 4.98 Å². The number of allylic oxidation sites excluding steroid dienone is 4. The van der Waals surface area contributed by atoms with E-state index in [1.807, 2.05) is 64.1 Å². The van der Waals surface area contributed by atoms with Gasteiger partial charge in [-0.15, -0.1) is 0 Å². The largest absolute Gasteiger partial charge is 0.348 e. The van der Waals surface area contributed by atoms with Crippen LogP contribution in [-0.2, 0) is 10.8 Å². The minimum Gasteiger partial charge on any atom is -0.348 e. The molecule has 0 aliphatic carbocycles. The Morgan fingerprint density at radius 2 is 1.64 bits per heavy atom. The van der Waals surface area contributed by atoms with E-state index in [4.69, 9.17) is 16.9 Å². The van der Waals surface area contributed by atoms with Gasteiger partial charge in [-0.05, 0) is 63.6 Å². The molecule has 1 heterocycles. The fraction of sp³-hybridized carbons (Fsp3) is 0.433. The highest BCUT2D eigenvalue weighted by atomic mass is 35.5. The lowest BCUT2D eigenvalue weighted by molar-refractivity contribution is 0.623. The van der Waals surface area contributed by atoms with Crippen LogP contribution in [0, 0.1) is 17.1 Å². The first kappa shape index (κ1) is 35.7. The van der Waals surface area contributed by atoms with Crippen molar-refractivity contribution in [3.63, 3.8) is 0 Å². The summed E-state index contributed by atoms with van der Waals surface area (Å²) in [5.74, 6) is -0.338. The highest BCUT2D eigenvalue weighted by molar-refractivity contribution is 7.84. The van der Waals surface area contributed by atoms with Crippen LogP contribution in [0.1, 0.15) is 103 Å². The Kier molecular flexibility index (Phi) is 21.7. The van der Waals surface area contributed by atoms with Crippen LogP contribution >= 0.6 is 11.6 Å². The predicted molar refractivity (Wildman–Crippen MR) is 159 cm³/mol. The Bertz CT molecular complexity index is 1030. The summed E-state index contributed by atoms with van der Waals surface area (Å²) in [5.41, 5.74) is 3.68. The third-order valence-corrected chi connectivity index (χ3v) is 5.76. The van der Waals surface area contributed by atoms with Gasteiger partial charge < -0.3 is 4.98 Å². The molecule has 0 spiro atoms. The number of hydrogen-bond acceptors (Lipinski definition) is 2. The van der Waals surface area contributed by atoms with Crippen molar-refractivity contribution in [2.24, 2.45) is 0 Å². The zero-order valence-corrected chi connectivity index (χ0v) is 25.0. The maximum atomic E-state index is 13.3. The van der Waals surface area contributed by atoms with Crippen molar-refractivity contribution < 1.29 is 8.60 Å². The van der Waals surface area contributed by atoms with E-state index in [0.717, 1.165) is 16.8 Å². The number of halogens is 2. The lowest BCUT2D eigenvalue weighted by atomic mass is 10.0. The highest BCUT2D eigenvalue weighted by Crippen LogP contribution is 2.20. The maximum absolute atomic E-state index is 13.3. The number of H-pyrrole nitrogens is 1. The van der Waals surface area contributed by atoms with Gasteiger partial charge in [0, 0.05) is 28.1 Å². The van der Waals surface area contributed by atoms with Gasteiger partial charge >= 0.3 is 0 Å². The van der Waals surface area contributed by atoms with Crippen LogP contribution < -0.4 is 0 Å². The molecule has 0 amide bonds. The summed E-state index contributed by atoms with van der Waals surface area (Å²) in [5, 5.41) is 9.93. The molecule has 2 rings (SSSR count). The van der Waals surface area contributed by atoms with Gasteiger partial charge in [0.2, 0.25) is 0 Å². The molecule has 6 heteroatoms. The van der Waals surface area contributed by atoms with Gasteiger partial charge in [-0.1, -0.05) is 83.2 Å². The molecule has 36 heavy (non-hydrogen) atoms. The molecule has 3 nitrogen and oxygen atoms in total. The first-order valence-corrected chi connectivity index (χ1v) is 14.4. The number of aromatic nitrogens is 1. The van der Waals surface area contributed by atoms with Crippen molar-refractivity contribution in [1.29, 1.82) is 5.26 Å². The number of benzene rings is 1. The average molecular weight is 535 g/mol. The van der Waals surface area contributed by atoms with Gasteiger partial charge in [-0.3, -0.25) is 4.21 Å². The molecule has 0 bridgehead atoms. The Hall–Kier alpha value is -2.42. The number of unbranched alkanes of at least 4 members (excludes halogenated alkanes) is 2. The lowest BCUT2D eigenvalue weighted by Gasteiger charge is -2.02. The molecular formula is C30H44ClFN2OS. The monoisotopic (exact) mass is 534 g/mol. The number of nitriles is 1. The molecule has 0 fully saturated rings. The van der Waals surface area contributed by atoms with Crippen LogP contribution in [0.5, 0.6) is 0 Å². The Balaban J connectivity index is 0. The van der Waals surface area contributed by atoms with E-state index in [-0.39, 0.29) is 5.82 Å². The number of rotatable bonds is 6. The van der Waals surface area contributed by atoms with Gasteiger partial charge in [-0.25, -0.2) is 4.39 Å². The van der Waals surface area contributed by atoms with Crippen molar-refractivity contribution in [2.45, 2.75) is 86.1 Å². The zero-order valence-electron chi connectivity index (χ0n) is 23.5. The molecule has 200 valence electrons. The number of nitrogens with one attached hydrogen (secondary N) is 1. The number of hydrogen-bond donors (Lipinski definition) is 1. The molecule has 1 aromatic heterocycles. The van der Waals surface area contributed by atoms with E-state index in [1.54, 1.807) is 18.4 Å². The predicted octanol–water partition coefficient (Wildman–Crippen LogP) is 10.1. The minimum absolute atomic E-state index is 0.338. The van der Waals surface area contributed by atoms with Gasteiger partial charge in [0.1, 0.15) is 10.8 Å². The second kappa shape index (κ2) is 21.8. The van der Waals surface area contributed by atoms with E-state index in [2.05, 4.69) is 32.7 Å². The number of aromatic amines is 1. The zero-order chi connectivity index (χ0) is 28.1. The summed E-state index contributed by atoms with van der Waals surface area (Å²) >= 11 is 5.82. The van der Waals surface area contributed by atoms with Crippen LogP contribution in [0.3, 0.4) is 0 Å². The molecule has 1 N–H and O–H groups in total. The van der Waals surface area contributed by atoms with Crippen LogP contribution in [0.4, 0.5) is 4.39 Å². The summed E-state index contributed by atoms with van der Waals surface area (Å²) in [4.78, 5) is 3.10. The van der Waals surface area contributed by atoms with Gasteiger partial charge in [0.15, 0.2) is 0 Å². The van der Waals surface area contributed by atoms with Gasteiger partial charge in [-0.2, -0.15) is 5.26 Å². The van der Waals surface area contributed by atoms with Crippen LogP contribution in [0.25, 0.3) is 17.7 Å². The summed E-state index contributed by atoms with van der Waals surface area (Å²) in [7, 11) is -0.999. The van der Waals surface area contributed by atoms with Crippen molar-refractivity contribution in [2.75, 3.05) is 6.26 Å². The van der Waals surface area contributed by atoms with Gasteiger partial charge in [0.05, 0.1) is 22.4 Å². The van der Waals surface area contributed by atoms with Crippen molar-refractivity contribution in [3.05, 3.63) is 69.7 Å². The lowest BCUT2D eigenvalue weighted by Crippen LogP contribution is -1.87. The molecule has 0 saturated heterocycles. The first-order valence-electron chi connectivity index (χ1n) is 12.4. The normalized spacial score (nSPS) is 11.8. The second-order valence-electron chi connectivity index (χ2n) is 7.97. The third-order valence-electron chi connectivity index (χ3n) is 4.81. The average Bonchev–Trinajstić information content (AvgIpc) is 3.26. The third kappa shape index (κ3) is 15.5. The maximum Gasteiger partial charge on any atom is 0.131 e. The first-order chi connectivity index (χ1) is 17.1. The topological polar surface area (TPSA) is 56.6 Å². The fourth-order valence-corrected chi connectivity index (χ4v) is 2.98. The van der Waals surface area contributed by atoms with Crippen molar-refractivity contribution in [3.8, 4) is 6.07 Å². The summed E-state index contributed by atoms with van der Waals surface area (Å²) in [6, 6.07) is 8.25. The molecule has 1 aromatic carbocycles. The molecule has 1 atom stereocenters. The Morgan fingerprint density at radius 1 is 1.08 bits per heavy atom. The quantitative estimate of drug-likeness (QED) is 0.400. The molecular weight excluding hydrogens is 491 g/mol. The summed E-state index contributed by atoms with van der Waals surface area (Å²) in [6.07, 6.45) is 14.5. The number of nitrogens with zero attached hydrogens (tertiary/aromatic N) is 1. The van der Waals surface area contributed by atoms with Crippen LogP contribution in [0.2, 0.25) is 0 Å². The van der Waals surface area contributed by atoms with Gasteiger partial charge in [0.25, 0.3) is 0 Å². The van der Waals surface area contributed by atoms with Crippen LogP contribution in [-0.4, -0.2) is 15.4 Å². The molecule has 0 aliphatic heterocycles. The molecule has 0 radical (unpaired) electrons. The van der Waals surface area contributed by atoms with E-state index in [1.165, 1.54) is 31.7 Å². The summed E-state index contributed by atoms with van der Waals surface area (Å²) < 4.78 is 24.6. The highest BCUT2D eigenvalue weighted by Gasteiger charge is 2.06. The summed E-state index contributed by atoms with van der Waals surface area (Å²) in [6.45, 7) is 16.2. The molecule has 1 unspecified atom stereocenters. The fourth-order valence-electron chi connectivity index (χ4n) is 2.31. The standard InChI is InChI=1S/C11H14ClNOS.C11H10FN.2C4H10/c1-4-5-10-9(6-8(2)12)7-11(13-10)15(3)14;1-3-8(2)10-5-4-9(7-13)6-11(10)12;2*1-3-4-2/h4-7,13H,1-3H3;3-6H,1-2H3;2*3-4H2,1-2H3/b5-4-,8-6+;;;. The van der Waals surface area contributed by atoms with E-state index >= 15 is 0 Å². The smallest absolute Gasteiger partial charge is 0.131 e. The van der Waals surface area contributed by atoms with E-state index < -0.39 is 10.8 Å². The minimum atomic E-state index is -0.999. The SMILES string of the molecule is C/C=C\c1[nH]c(S(C)=O)cc1/C=C(\C)Cl.CC=C(C)c1ccc(C#N)cc1F.CCCC.CCCC. The Labute approximate surface area is 226 Å². The molecule has 0 aliphatic rings. The van der Waals surface area contributed by atoms with Crippen molar-refractivity contribution >= 4 is 40.1 Å². The molecule has 2 aromatic rings. The van der Waals surface area contributed by atoms with E-state index in [9.17, 15) is 8.60 Å². The molecule has 0 saturated carbocycles.